The zero-order valence-electron chi connectivity index (χ0n) is 16.7. The summed E-state index contributed by atoms with van der Waals surface area (Å²) in [6.07, 6.45) is 1.52. The van der Waals surface area contributed by atoms with Crippen molar-refractivity contribution in [3.63, 3.8) is 0 Å². The average molecular weight is 424 g/mol. The molecule has 156 valence electrons. The Kier molecular flexibility index (Phi) is 4.79. The van der Waals surface area contributed by atoms with Crippen LogP contribution in [0, 0.1) is 5.82 Å². The number of carbonyl (C=O) groups excluding carboxylic acids is 1. The molecule has 2 aromatic heterocycles. The Morgan fingerprint density at radius 1 is 0.938 bits per heavy atom. The number of aromatic nitrogens is 3. The van der Waals surface area contributed by atoms with E-state index in [1.165, 1.54) is 23.0 Å². The van der Waals surface area contributed by atoms with Crippen molar-refractivity contribution >= 4 is 45.8 Å². The maximum absolute atomic E-state index is 13.2. The molecule has 1 amide bonds. The van der Waals surface area contributed by atoms with E-state index in [1.54, 1.807) is 24.3 Å². The van der Waals surface area contributed by atoms with Gasteiger partial charge in [-0.1, -0.05) is 42.5 Å². The van der Waals surface area contributed by atoms with Crippen molar-refractivity contribution in [2.24, 2.45) is 5.10 Å². The summed E-state index contributed by atoms with van der Waals surface area (Å²) < 4.78 is 14.6. The number of hydrogen-bond acceptors (Lipinski definition) is 5. The Morgan fingerprint density at radius 2 is 1.59 bits per heavy atom. The predicted octanol–water partition coefficient (Wildman–Crippen LogP) is 4.44. The number of para-hydroxylation sites is 3. The maximum atomic E-state index is 13.2. The third-order valence-electron chi connectivity index (χ3n) is 4.92. The van der Waals surface area contributed by atoms with Gasteiger partial charge in [0, 0.05) is 5.69 Å². The molecule has 7 nitrogen and oxygen atoms in total. The number of nitrogens with two attached hydrogens (primary N) is 1. The fourth-order valence-corrected chi connectivity index (χ4v) is 3.38. The van der Waals surface area contributed by atoms with Crippen LogP contribution in [0.15, 0.2) is 84.0 Å². The molecule has 0 saturated carbocycles. The number of halogens is 1. The summed E-state index contributed by atoms with van der Waals surface area (Å²) in [7, 11) is 0. The van der Waals surface area contributed by atoms with E-state index < -0.39 is 5.91 Å². The second-order valence-electron chi connectivity index (χ2n) is 7.07. The fraction of sp³-hybridized carbons (Fsp3) is 0. The van der Waals surface area contributed by atoms with Gasteiger partial charge in [0.2, 0.25) is 0 Å². The second-order valence-corrected chi connectivity index (χ2v) is 7.07. The number of rotatable bonds is 4. The SMILES string of the molecule is Nc1c(C(=O)Nc2ccccc2)c2nc3ccccc3nc2n1N=Cc1ccc(F)cc1. The van der Waals surface area contributed by atoms with Crippen molar-refractivity contribution in [1.82, 2.24) is 14.6 Å². The highest BCUT2D eigenvalue weighted by molar-refractivity contribution is 6.16. The lowest BCUT2D eigenvalue weighted by molar-refractivity contribution is 0.102. The number of benzene rings is 3. The van der Waals surface area contributed by atoms with Crippen LogP contribution in [0.5, 0.6) is 0 Å². The predicted molar refractivity (Wildman–Crippen MR) is 123 cm³/mol. The van der Waals surface area contributed by atoms with Gasteiger partial charge in [0.15, 0.2) is 5.65 Å². The summed E-state index contributed by atoms with van der Waals surface area (Å²) >= 11 is 0. The summed E-state index contributed by atoms with van der Waals surface area (Å²) in [6, 6.07) is 22.2. The van der Waals surface area contributed by atoms with Gasteiger partial charge < -0.3 is 11.1 Å². The molecule has 5 rings (SSSR count). The van der Waals surface area contributed by atoms with Crippen LogP contribution >= 0.6 is 0 Å². The fourth-order valence-electron chi connectivity index (χ4n) is 3.38. The van der Waals surface area contributed by atoms with E-state index in [0.717, 1.165) is 0 Å². The largest absolute Gasteiger partial charge is 0.383 e. The molecule has 0 bridgehead atoms. The first kappa shape index (κ1) is 19.4. The molecule has 0 atom stereocenters. The van der Waals surface area contributed by atoms with Crippen LogP contribution in [0.2, 0.25) is 0 Å². The quantitative estimate of drug-likeness (QED) is 0.417. The molecule has 0 saturated heterocycles. The van der Waals surface area contributed by atoms with E-state index in [9.17, 15) is 9.18 Å². The lowest BCUT2D eigenvalue weighted by Crippen LogP contribution is -2.14. The van der Waals surface area contributed by atoms with E-state index >= 15 is 0 Å². The normalized spacial score (nSPS) is 11.4. The van der Waals surface area contributed by atoms with Crippen LogP contribution < -0.4 is 11.1 Å². The minimum Gasteiger partial charge on any atom is -0.383 e. The molecule has 8 heteroatoms. The molecule has 0 aliphatic rings. The number of amides is 1. The Morgan fingerprint density at radius 3 is 2.31 bits per heavy atom. The minimum absolute atomic E-state index is 0.0992. The summed E-state index contributed by atoms with van der Waals surface area (Å²) in [5.41, 5.74) is 9.80. The van der Waals surface area contributed by atoms with Gasteiger partial charge in [-0.25, -0.2) is 14.4 Å². The van der Waals surface area contributed by atoms with Crippen LogP contribution in [-0.2, 0) is 0 Å². The van der Waals surface area contributed by atoms with E-state index in [1.807, 2.05) is 42.5 Å². The van der Waals surface area contributed by atoms with Crippen LogP contribution in [0.4, 0.5) is 15.9 Å². The standard InChI is InChI=1S/C24H17FN6O/c25-16-12-10-15(11-13-16)14-27-31-22(26)20(24(32)28-17-6-2-1-3-7-17)21-23(31)30-19-9-5-4-8-18(19)29-21/h1-14H,26H2,(H,28,32). The third-order valence-corrected chi connectivity index (χ3v) is 4.92. The summed E-state index contributed by atoms with van der Waals surface area (Å²) in [4.78, 5) is 22.4. The first-order chi connectivity index (χ1) is 15.6. The monoisotopic (exact) mass is 424 g/mol. The Hall–Kier alpha value is -4.59. The molecule has 5 aromatic rings. The molecule has 2 heterocycles. The summed E-state index contributed by atoms with van der Waals surface area (Å²) in [5, 5.41) is 7.25. The van der Waals surface area contributed by atoms with Crippen LogP contribution in [0.25, 0.3) is 22.2 Å². The van der Waals surface area contributed by atoms with Gasteiger partial charge in [0.05, 0.1) is 17.2 Å². The first-order valence-electron chi connectivity index (χ1n) is 9.83. The van der Waals surface area contributed by atoms with Crippen molar-refractivity contribution in [3.05, 3.63) is 95.8 Å². The number of hydrogen-bond donors (Lipinski definition) is 2. The highest BCUT2D eigenvalue weighted by atomic mass is 19.1. The van der Waals surface area contributed by atoms with Crippen molar-refractivity contribution in [3.8, 4) is 0 Å². The molecule has 3 aromatic carbocycles. The van der Waals surface area contributed by atoms with Crippen molar-refractivity contribution in [1.29, 1.82) is 0 Å². The van der Waals surface area contributed by atoms with Crippen LogP contribution in [0.1, 0.15) is 15.9 Å². The lowest BCUT2D eigenvalue weighted by Gasteiger charge is -2.05. The highest BCUT2D eigenvalue weighted by Crippen LogP contribution is 2.28. The van der Waals surface area contributed by atoms with Gasteiger partial charge in [-0.05, 0) is 42.0 Å². The second kappa shape index (κ2) is 7.92. The number of carbonyl (C=O) groups is 1. The molecule has 0 radical (unpaired) electrons. The number of fused-ring (bicyclic) bond motifs is 2. The van der Waals surface area contributed by atoms with Crippen LogP contribution in [0.3, 0.4) is 0 Å². The number of nitrogen functional groups attached to an aromatic ring is 1. The molecular weight excluding hydrogens is 407 g/mol. The highest BCUT2D eigenvalue weighted by Gasteiger charge is 2.24. The molecule has 3 N–H and O–H groups in total. The minimum atomic E-state index is -0.418. The van der Waals surface area contributed by atoms with Crippen molar-refractivity contribution in [2.45, 2.75) is 0 Å². The Labute approximate surface area is 182 Å². The molecule has 0 unspecified atom stereocenters. The Bertz CT molecular complexity index is 1480. The van der Waals surface area contributed by atoms with Crippen LogP contribution in [-0.4, -0.2) is 26.8 Å². The van der Waals surface area contributed by atoms with Gasteiger partial charge in [-0.15, -0.1) is 0 Å². The average Bonchev–Trinajstić information content (AvgIpc) is 3.08. The molecule has 32 heavy (non-hydrogen) atoms. The summed E-state index contributed by atoms with van der Waals surface area (Å²) in [6.45, 7) is 0. The molecule has 0 aliphatic carbocycles. The van der Waals surface area contributed by atoms with Gasteiger partial charge >= 0.3 is 0 Å². The molecule has 0 spiro atoms. The van der Waals surface area contributed by atoms with E-state index in [0.29, 0.717) is 33.4 Å². The van der Waals surface area contributed by atoms with Gasteiger partial charge in [0.1, 0.15) is 22.7 Å². The van der Waals surface area contributed by atoms with Crippen molar-refractivity contribution in [2.75, 3.05) is 11.1 Å². The Balaban J connectivity index is 1.67. The van der Waals surface area contributed by atoms with Crippen molar-refractivity contribution < 1.29 is 9.18 Å². The molecule has 0 fully saturated rings. The smallest absolute Gasteiger partial charge is 0.261 e. The maximum Gasteiger partial charge on any atom is 0.261 e. The zero-order valence-corrected chi connectivity index (χ0v) is 16.7. The lowest BCUT2D eigenvalue weighted by atomic mass is 10.2. The first-order valence-corrected chi connectivity index (χ1v) is 9.83. The molecule has 0 aliphatic heterocycles. The van der Waals surface area contributed by atoms with E-state index in [4.69, 9.17) is 5.73 Å². The molecular formula is C24H17FN6O. The van der Waals surface area contributed by atoms with Gasteiger partial charge in [0.25, 0.3) is 5.91 Å². The topological polar surface area (TPSA) is 98.2 Å². The zero-order chi connectivity index (χ0) is 22.1. The van der Waals surface area contributed by atoms with Gasteiger partial charge in [-0.2, -0.15) is 9.78 Å². The third kappa shape index (κ3) is 3.54. The van der Waals surface area contributed by atoms with Gasteiger partial charge in [-0.3, -0.25) is 4.79 Å². The number of nitrogens with one attached hydrogen (secondary N) is 1. The summed E-state index contributed by atoms with van der Waals surface area (Å²) in [5.74, 6) is -0.661. The number of nitrogens with zero attached hydrogens (tertiary/aromatic N) is 4. The van der Waals surface area contributed by atoms with E-state index in [2.05, 4.69) is 20.4 Å². The van der Waals surface area contributed by atoms with E-state index in [-0.39, 0.29) is 17.2 Å². The number of anilines is 2.